The summed E-state index contributed by atoms with van der Waals surface area (Å²) in [7, 11) is 0. The minimum Gasteiger partial charge on any atom is -0.550 e. The fourth-order valence-electron chi connectivity index (χ4n) is 3.03. The number of allylic oxidation sites excluding steroid dienone is 2. The molecule has 27 heavy (non-hydrogen) atoms. The summed E-state index contributed by atoms with van der Waals surface area (Å²) in [5.74, 6) is -0.921. The van der Waals surface area contributed by atoms with E-state index in [0.29, 0.717) is 0 Å². The van der Waals surface area contributed by atoms with E-state index >= 15 is 0 Å². The summed E-state index contributed by atoms with van der Waals surface area (Å²) in [6.07, 6.45) is 26.7. The number of carbonyl (C=O) groups is 1. The SMILES string of the molecule is O=C([O-])CCCCCCC/C=C\CCCCCCCCc1cnccn1.[Na+]. The molecule has 5 heteroatoms. The molecule has 0 radical (unpaired) electrons. The summed E-state index contributed by atoms with van der Waals surface area (Å²) >= 11 is 0. The number of carboxylic acid groups (broad SMARTS) is 1. The Kier molecular flexibility index (Phi) is 19.5. The number of nitrogens with zero attached hydrogens (tertiary/aromatic N) is 2. The van der Waals surface area contributed by atoms with E-state index in [4.69, 9.17) is 0 Å². The van der Waals surface area contributed by atoms with E-state index in [1.165, 1.54) is 57.8 Å². The maximum absolute atomic E-state index is 10.3. The van der Waals surface area contributed by atoms with Crippen LogP contribution in [-0.2, 0) is 11.2 Å². The Morgan fingerprint density at radius 1 is 0.815 bits per heavy atom. The number of hydrogen-bond donors (Lipinski definition) is 0. The number of unbranched alkanes of at least 4 members (excludes halogenated alkanes) is 11. The van der Waals surface area contributed by atoms with Crippen LogP contribution >= 0.6 is 0 Å². The summed E-state index contributed by atoms with van der Waals surface area (Å²) in [5, 5.41) is 10.3. The van der Waals surface area contributed by atoms with Crippen molar-refractivity contribution in [2.45, 2.75) is 96.3 Å². The molecule has 0 N–H and O–H groups in total. The van der Waals surface area contributed by atoms with Crippen LogP contribution in [0.3, 0.4) is 0 Å². The van der Waals surface area contributed by atoms with Crippen molar-refractivity contribution in [2.75, 3.05) is 0 Å². The van der Waals surface area contributed by atoms with Crippen LogP contribution in [0, 0.1) is 0 Å². The molecule has 0 aliphatic rings. The second-order valence-corrected chi connectivity index (χ2v) is 7.01. The van der Waals surface area contributed by atoms with Crippen LogP contribution in [0.4, 0.5) is 0 Å². The quantitative estimate of drug-likeness (QED) is 0.234. The number of rotatable bonds is 17. The molecule has 0 saturated carbocycles. The Bertz CT molecular complexity index is 480. The molecule has 1 aromatic rings. The first-order valence-electron chi connectivity index (χ1n) is 10.4. The van der Waals surface area contributed by atoms with E-state index < -0.39 is 5.97 Å². The maximum Gasteiger partial charge on any atom is 1.00 e. The van der Waals surface area contributed by atoms with Crippen molar-refractivity contribution in [1.29, 1.82) is 0 Å². The standard InChI is InChI=1S/C22H36N2O2.Na/c25-22(26)17-15-13-11-9-7-5-3-1-2-4-6-8-10-12-14-16-21-20-23-18-19-24-21;/h1,3,18-20H,2,4-17H2,(H,25,26);/q;+1/p-1/b3-1-;. The first-order chi connectivity index (χ1) is 12.8. The number of aromatic nitrogens is 2. The van der Waals surface area contributed by atoms with Gasteiger partial charge in [0.1, 0.15) is 0 Å². The third-order valence-electron chi connectivity index (χ3n) is 4.59. The molecule has 0 amide bonds. The van der Waals surface area contributed by atoms with Crippen molar-refractivity contribution in [1.82, 2.24) is 9.97 Å². The molecule has 1 heterocycles. The monoisotopic (exact) mass is 382 g/mol. The fourth-order valence-corrected chi connectivity index (χ4v) is 3.03. The molecule has 0 saturated heterocycles. The second-order valence-electron chi connectivity index (χ2n) is 7.01. The molecule has 0 aliphatic heterocycles. The van der Waals surface area contributed by atoms with Crippen molar-refractivity contribution < 1.29 is 39.5 Å². The van der Waals surface area contributed by atoms with E-state index in [-0.39, 0.29) is 36.0 Å². The predicted molar refractivity (Wildman–Crippen MR) is 105 cm³/mol. The van der Waals surface area contributed by atoms with Gasteiger partial charge in [-0.1, -0.05) is 57.1 Å². The minimum absolute atomic E-state index is 0. The van der Waals surface area contributed by atoms with Crippen molar-refractivity contribution in [2.24, 2.45) is 0 Å². The van der Waals surface area contributed by atoms with Crippen molar-refractivity contribution in [3.8, 4) is 0 Å². The van der Waals surface area contributed by atoms with Gasteiger partial charge in [0, 0.05) is 24.6 Å². The molecule has 146 valence electrons. The zero-order valence-electron chi connectivity index (χ0n) is 17.2. The molecule has 0 aromatic carbocycles. The van der Waals surface area contributed by atoms with Gasteiger partial charge in [0.25, 0.3) is 0 Å². The van der Waals surface area contributed by atoms with Gasteiger partial charge in [-0.25, -0.2) is 0 Å². The average molecular weight is 383 g/mol. The normalized spacial score (nSPS) is 10.8. The predicted octanol–water partition coefficient (Wildman–Crippen LogP) is 1.79. The molecule has 1 rings (SSSR count). The largest absolute Gasteiger partial charge is 1.00 e. The summed E-state index contributed by atoms with van der Waals surface area (Å²) in [6, 6.07) is 0. The van der Waals surface area contributed by atoms with Crippen LogP contribution < -0.4 is 34.7 Å². The number of aryl methyl sites for hydroxylation is 1. The van der Waals surface area contributed by atoms with Crippen molar-refractivity contribution in [3.05, 3.63) is 36.4 Å². The van der Waals surface area contributed by atoms with Crippen LogP contribution in [0.15, 0.2) is 30.7 Å². The van der Waals surface area contributed by atoms with Gasteiger partial charge in [-0.3, -0.25) is 9.97 Å². The van der Waals surface area contributed by atoms with Gasteiger partial charge < -0.3 is 9.90 Å². The molecule has 0 aliphatic carbocycles. The Hall–Kier alpha value is -0.710. The third kappa shape index (κ3) is 18.4. The van der Waals surface area contributed by atoms with Gasteiger partial charge in [0.2, 0.25) is 0 Å². The van der Waals surface area contributed by atoms with E-state index in [0.717, 1.165) is 37.8 Å². The first kappa shape index (κ1) is 26.3. The molecule has 0 atom stereocenters. The van der Waals surface area contributed by atoms with Crippen LogP contribution in [-0.4, -0.2) is 15.9 Å². The van der Waals surface area contributed by atoms with Gasteiger partial charge in [0.15, 0.2) is 0 Å². The van der Waals surface area contributed by atoms with Gasteiger partial charge >= 0.3 is 29.6 Å². The number of carbonyl (C=O) groups excluding carboxylic acids is 1. The molecule has 1 aromatic heterocycles. The van der Waals surface area contributed by atoms with Gasteiger partial charge in [-0.05, 0) is 51.4 Å². The first-order valence-corrected chi connectivity index (χ1v) is 10.4. The van der Waals surface area contributed by atoms with Gasteiger partial charge in [-0.15, -0.1) is 0 Å². The van der Waals surface area contributed by atoms with Crippen LogP contribution in [0.5, 0.6) is 0 Å². The number of carboxylic acids is 1. The molecule has 0 bridgehead atoms. The van der Waals surface area contributed by atoms with Crippen molar-refractivity contribution in [3.63, 3.8) is 0 Å². The smallest absolute Gasteiger partial charge is 0.550 e. The van der Waals surface area contributed by atoms with Crippen LogP contribution in [0.2, 0.25) is 0 Å². The van der Waals surface area contributed by atoms with Gasteiger partial charge in [0.05, 0.1) is 5.69 Å². The van der Waals surface area contributed by atoms with Gasteiger partial charge in [-0.2, -0.15) is 0 Å². The Labute approximate surface area is 187 Å². The van der Waals surface area contributed by atoms with Crippen LogP contribution in [0.25, 0.3) is 0 Å². The van der Waals surface area contributed by atoms with Crippen LogP contribution in [0.1, 0.15) is 95.6 Å². The Morgan fingerprint density at radius 3 is 1.93 bits per heavy atom. The Morgan fingerprint density at radius 2 is 1.37 bits per heavy atom. The average Bonchev–Trinajstić information content (AvgIpc) is 2.65. The summed E-state index contributed by atoms with van der Waals surface area (Å²) in [4.78, 5) is 18.7. The molecule has 0 unspecified atom stereocenters. The van der Waals surface area contributed by atoms with E-state index in [9.17, 15) is 9.90 Å². The third-order valence-corrected chi connectivity index (χ3v) is 4.59. The topological polar surface area (TPSA) is 65.9 Å². The molecule has 0 fully saturated rings. The van der Waals surface area contributed by atoms with E-state index in [2.05, 4.69) is 22.1 Å². The minimum atomic E-state index is -0.921. The fraction of sp³-hybridized carbons (Fsp3) is 0.682. The van der Waals surface area contributed by atoms with E-state index in [1.54, 1.807) is 12.4 Å². The maximum atomic E-state index is 10.3. The molecule has 4 nitrogen and oxygen atoms in total. The summed E-state index contributed by atoms with van der Waals surface area (Å²) in [6.45, 7) is 0. The summed E-state index contributed by atoms with van der Waals surface area (Å²) in [5.41, 5.74) is 1.11. The van der Waals surface area contributed by atoms with Crippen molar-refractivity contribution >= 4 is 5.97 Å². The molecule has 0 spiro atoms. The zero-order valence-corrected chi connectivity index (χ0v) is 19.2. The van der Waals surface area contributed by atoms with E-state index in [1.807, 2.05) is 6.20 Å². The summed E-state index contributed by atoms with van der Waals surface area (Å²) < 4.78 is 0. The molecular weight excluding hydrogens is 347 g/mol. The Balaban J connectivity index is 0.00000676. The number of hydrogen-bond acceptors (Lipinski definition) is 4. The second kappa shape index (κ2) is 20.0. The molecular formula is C22H35N2NaO2. The number of aliphatic carboxylic acids is 1. The zero-order chi connectivity index (χ0) is 18.7.